The van der Waals surface area contributed by atoms with Crippen molar-refractivity contribution in [3.05, 3.63) is 30.3 Å². The van der Waals surface area contributed by atoms with Crippen LogP contribution in [-0.4, -0.2) is 25.4 Å². The van der Waals surface area contributed by atoms with Crippen LogP contribution in [0.1, 0.15) is 27.7 Å². The number of hydrogen-bond donors (Lipinski definition) is 1. The average molecular weight is 276 g/mol. The summed E-state index contributed by atoms with van der Waals surface area (Å²) in [5, 5.41) is 2.82. The van der Waals surface area contributed by atoms with Gasteiger partial charge in [0.2, 0.25) is 11.8 Å². The van der Waals surface area contributed by atoms with Gasteiger partial charge in [0, 0.05) is 19.3 Å². The summed E-state index contributed by atoms with van der Waals surface area (Å²) in [6.07, 6.45) is 0. The monoisotopic (exact) mass is 276 g/mol. The predicted octanol–water partition coefficient (Wildman–Crippen LogP) is 2.45. The second kappa shape index (κ2) is 6.55. The molecule has 1 aromatic carbocycles. The van der Waals surface area contributed by atoms with Crippen molar-refractivity contribution in [3.8, 4) is 0 Å². The van der Waals surface area contributed by atoms with Crippen LogP contribution < -0.4 is 10.2 Å². The van der Waals surface area contributed by atoms with Gasteiger partial charge in [-0.25, -0.2) is 0 Å². The molecule has 2 amide bonds. The van der Waals surface area contributed by atoms with Gasteiger partial charge in [-0.1, -0.05) is 32.0 Å². The number of carbonyl (C=O) groups is 2. The minimum atomic E-state index is -1.08. The van der Waals surface area contributed by atoms with Gasteiger partial charge in [0.05, 0.1) is 0 Å². The van der Waals surface area contributed by atoms with Crippen LogP contribution in [0.5, 0.6) is 0 Å². The van der Waals surface area contributed by atoms with E-state index in [0.29, 0.717) is 12.5 Å². The molecule has 4 nitrogen and oxygen atoms in total. The standard InChI is InChI=1S/C16H24N2O2/c1-12(2)11-17-14(19)16(3,4)15(20)18(5)13-9-7-6-8-10-13/h6-10,12H,11H2,1-5H3,(H,17,19). The zero-order valence-corrected chi connectivity index (χ0v) is 12.9. The van der Waals surface area contributed by atoms with E-state index in [9.17, 15) is 9.59 Å². The molecule has 4 heteroatoms. The van der Waals surface area contributed by atoms with Crippen LogP contribution in [0.15, 0.2) is 30.3 Å². The summed E-state index contributed by atoms with van der Waals surface area (Å²) in [6, 6.07) is 9.32. The fourth-order valence-corrected chi connectivity index (χ4v) is 1.80. The van der Waals surface area contributed by atoms with Crippen molar-refractivity contribution in [2.75, 3.05) is 18.5 Å². The maximum atomic E-state index is 12.5. The molecule has 0 spiro atoms. The highest BCUT2D eigenvalue weighted by atomic mass is 16.2. The first-order valence-electron chi connectivity index (χ1n) is 6.88. The molecule has 1 N–H and O–H groups in total. The van der Waals surface area contributed by atoms with Gasteiger partial charge >= 0.3 is 0 Å². The molecular weight excluding hydrogens is 252 g/mol. The van der Waals surface area contributed by atoms with Crippen LogP contribution in [0, 0.1) is 11.3 Å². The maximum absolute atomic E-state index is 12.5. The molecule has 110 valence electrons. The van der Waals surface area contributed by atoms with E-state index in [1.54, 1.807) is 20.9 Å². The minimum absolute atomic E-state index is 0.218. The predicted molar refractivity (Wildman–Crippen MR) is 81.5 cm³/mol. The van der Waals surface area contributed by atoms with E-state index in [1.165, 1.54) is 4.90 Å². The highest BCUT2D eigenvalue weighted by Crippen LogP contribution is 2.23. The molecule has 0 aromatic heterocycles. The Hall–Kier alpha value is -1.84. The number of anilines is 1. The molecule has 20 heavy (non-hydrogen) atoms. The number of nitrogens with zero attached hydrogens (tertiary/aromatic N) is 1. The molecule has 0 atom stereocenters. The van der Waals surface area contributed by atoms with Crippen LogP contribution in [0.4, 0.5) is 5.69 Å². The molecular formula is C16H24N2O2. The van der Waals surface area contributed by atoms with Crippen molar-refractivity contribution in [2.24, 2.45) is 11.3 Å². The minimum Gasteiger partial charge on any atom is -0.355 e. The first-order valence-corrected chi connectivity index (χ1v) is 6.88. The van der Waals surface area contributed by atoms with E-state index in [4.69, 9.17) is 0 Å². The quantitative estimate of drug-likeness (QED) is 0.840. The molecule has 0 bridgehead atoms. The molecule has 1 rings (SSSR count). The van der Waals surface area contributed by atoms with Crippen molar-refractivity contribution in [2.45, 2.75) is 27.7 Å². The van der Waals surface area contributed by atoms with E-state index in [2.05, 4.69) is 5.32 Å². The van der Waals surface area contributed by atoms with Crippen molar-refractivity contribution in [1.29, 1.82) is 0 Å². The average Bonchev–Trinajstić information content (AvgIpc) is 2.43. The van der Waals surface area contributed by atoms with Gasteiger partial charge in [-0.3, -0.25) is 9.59 Å². The summed E-state index contributed by atoms with van der Waals surface area (Å²) >= 11 is 0. The summed E-state index contributed by atoms with van der Waals surface area (Å²) in [6.45, 7) is 7.93. The molecule has 0 fully saturated rings. The van der Waals surface area contributed by atoms with Gasteiger partial charge in [-0.15, -0.1) is 0 Å². The second-order valence-corrected chi connectivity index (χ2v) is 5.93. The van der Waals surface area contributed by atoms with Gasteiger partial charge in [0.15, 0.2) is 0 Å². The van der Waals surface area contributed by atoms with Crippen molar-refractivity contribution in [1.82, 2.24) is 5.32 Å². The Labute approximate surface area is 121 Å². The van der Waals surface area contributed by atoms with E-state index >= 15 is 0 Å². The Morgan fingerprint density at radius 1 is 1.20 bits per heavy atom. The van der Waals surface area contributed by atoms with E-state index < -0.39 is 5.41 Å². The third-order valence-corrected chi connectivity index (χ3v) is 3.22. The highest BCUT2D eigenvalue weighted by molar-refractivity contribution is 6.10. The largest absolute Gasteiger partial charge is 0.355 e. The number of rotatable bonds is 5. The number of carbonyl (C=O) groups excluding carboxylic acids is 2. The topological polar surface area (TPSA) is 49.4 Å². The summed E-state index contributed by atoms with van der Waals surface area (Å²) in [4.78, 5) is 26.2. The summed E-state index contributed by atoms with van der Waals surface area (Å²) in [5.41, 5.74) is -0.304. The van der Waals surface area contributed by atoms with Crippen LogP contribution in [0.25, 0.3) is 0 Å². The Kier molecular flexibility index (Phi) is 5.31. The zero-order valence-electron chi connectivity index (χ0n) is 12.9. The van der Waals surface area contributed by atoms with Gasteiger partial charge in [0.1, 0.15) is 5.41 Å². The van der Waals surface area contributed by atoms with Crippen LogP contribution in [-0.2, 0) is 9.59 Å². The zero-order chi connectivity index (χ0) is 15.3. The molecule has 0 aliphatic carbocycles. The second-order valence-electron chi connectivity index (χ2n) is 5.93. The Balaban J connectivity index is 2.81. The maximum Gasteiger partial charge on any atom is 0.241 e. The first-order chi connectivity index (χ1) is 9.26. The first kappa shape index (κ1) is 16.2. The van der Waals surface area contributed by atoms with Crippen LogP contribution in [0.2, 0.25) is 0 Å². The lowest BCUT2D eigenvalue weighted by atomic mass is 9.90. The molecule has 0 saturated carbocycles. The SMILES string of the molecule is CC(C)CNC(=O)C(C)(C)C(=O)N(C)c1ccccc1. The fraction of sp³-hybridized carbons (Fsp3) is 0.500. The third-order valence-electron chi connectivity index (χ3n) is 3.22. The van der Waals surface area contributed by atoms with E-state index in [0.717, 1.165) is 5.69 Å². The molecule has 0 unspecified atom stereocenters. The molecule has 0 aliphatic rings. The van der Waals surface area contributed by atoms with Gasteiger partial charge in [-0.05, 0) is 31.9 Å². The lowest BCUT2D eigenvalue weighted by molar-refractivity contribution is -0.139. The molecule has 1 aromatic rings. The third kappa shape index (κ3) is 3.83. The molecule has 0 heterocycles. The normalized spacial score (nSPS) is 11.3. The lowest BCUT2D eigenvalue weighted by Crippen LogP contribution is -2.49. The number of benzene rings is 1. The van der Waals surface area contributed by atoms with Gasteiger partial charge < -0.3 is 10.2 Å². The van der Waals surface area contributed by atoms with E-state index in [-0.39, 0.29) is 11.8 Å². The van der Waals surface area contributed by atoms with E-state index in [1.807, 2.05) is 44.2 Å². The van der Waals surface area contributed by atoms with Crippen LogP contribution in [0.3, 0.4) is 0 Å². The summed E-state index contributed by atoms with van der Waals surface area (Å²) in [5.74, 6) is -0.0966. The Morgan fingerprint density at radius 2 is 1.75 bits per heavy atom. The van der Waals surface area contributed by atoms with Crippen LogP contribution >= 0.6 is 0 Å². The van der Waals surface area contributed by atoms with Gasteiger partial charge in [0.25, 0.3) is 0 Å². The lowest BCUT2D eigenvalue weighted by Gasteiger charge is -2.28. The highest BCUT2D eigenvalue weighted by Gasteiger charge is 2.38. The van der Waals surface area contributed by atoms with Crippen molar-refractivity contribution in [3.63, 3.8) is 0 Å². The number of para-hydroxylation sites is 1. The fourth-order valence-electron chi connectivity index (χ4n) is 1.80. The summed E-state index contributed by atoms with van der Waals surface area (Å²) < 4.78 is 0. The molecule has 0 saturated heterocycles. The Morgan fingerprint density at radius 3 is 2.25 bits per heavy atom. The number of nitrogens with one attached hydrogen (secondary N) is 1. The van der Waals surface area contributed by atoms with Crippen molar-refractivity contribution >= 4 is 17.5 Å². The number of amides is 2. The molecule has 0 aliphatic heterocycles. The number of hydrogen-bond acceptors (Lipinski definition) is 2. The molecule has 0 radical (unpaired) electrons. The van der Waals surface area contributed by atoms with Gasteiger partial charge in [-0.2, -0.15) is 0 Å². The Bertz CT molecular complexity index is 467. The van der Waals surface area contributed by atoms with Crippen molar-refractivity contribution < 1.29 is 9.59 Å². The smallest absolute Gasteiger partial charge is 0.241 e. The summed E-state index contributed by atoms with van der Waals surface area (Å²) in [7, 11) is 1.69.